The lowest BCUT2D eigenvalue weighted by Gasteiger charge is -2.35. The van der Waals surface area contributed by atoms with Crippen molar-refractivity contribution in [2.45, 2.75) is 38.0 Å². The van der Waals surface area contributed by atoms with E-state index in [0.29, 0.717) is 25.1 Å². The van der Waals surface area contributed by atoms with Crippen LogP contribution in [-0.2, 0) is 9.53 Å². The highest BCUT2D eigenvalue weighted by Gasteiger charge is 2.39. The molecule has 2 aliphatic rings. The van der Waals surface area contributed by atoms with Crippen molar-refractivity contribution in [1.29, 1.82) is 0 Å². The van der Waals surface area contributed by atoms with Crippen molar-refractivity contribution < 1.29 is 9.53 Å². The SMILES string of the molecule is Cc1ccc(-c2nccn2[C@@H]2C[C@H]3CO[C@@H](CC(=O)N(C)C)CN3C2)nc1. The second-order valence-corrected chi connectivity index (χ2v) is 7.82. The third-order valence-electron chi connectivity index (χ3n) is 5.57. The van der Waals surface area contributed by atoms with E-state index < -0.39 is 0 Å². The first-order valence-corrected chi connectivity index (χ1v) is 9.53. The lowest BCUT2D eigenvalue weighted by molar-refractivity contribution is -0.134. The van der Waals surface area contributed by atoms with Gasteiger partial charge in [-0.25, -0.2) is 4.98 Å². The molecule has 4 rings (SSSR count). The summed E-state index contributed by atoms with van der Waals surface area (Å²) in [5, 5.41) is 0. The Labute approximate surface area is 160 Å². The Morgan fingerprint density at radius 3 is 2.85 bits per heavy atom. The molecule has 0 N–H and O–H groups in total. The van der Waals surface area contributed by atoms with Crippen LogP contribution in [0.5, 0.6) is 0 Å². The summed E-state index contributed by atoms with van der Waals surface area (Å²) in [6.07, 6.45) is 7.24. The Hall–Kier alpha value is -2.25. The number of carbonyl (C=O) groups is 1. The maximum absolute atomic E-state index is 12.0. The Kier molecular flexibility index (Phi) is 4.97. The van der Waals surface area contributed by atoms with E-state index >= 15 is 0 Å². The highest BCUT2D eigenvalue weighted by molar-refractivity contribution is 5.76. The molecule has 1 amide bonds. The fourth-order valence-corrected chi connectivity index (χ4v) is 4.02. The van der Waals surface area contributed by atoms with Crippen molar-refractivity contribution in [3.63, 3.8) is 0 Å². The molecule has 0 unspecified atom stereocenters. The van der Waals surface area contributed by atoms with Crippen LogP contribution in [0.15, 0.2) is 30.7 Å². The first-order valence-electron chi connectivity index (χ1n) is 9.53. The van der Waals surface area contributed by atoms with Crippen LogP contribution in [0.4, 0.5) is 0 Å². The number of rotatable bonds is 4. The maximum Gasteiger partial charge on any atom is 0.224 e. The highest BCUT2D eigenvalue weighted by atomic mass is 16.5. The summed E-state index contributed by atoms with van der Waals surface area (Å²) in [6.45, 7) is 4.49. The summed E-state index contributed by atoms with van der Waals surface area (Å²) >= 11 is 0. The Morgan fingerprint density at radius 1 is 1.26 bits per heavy atom. The number of pyridine rings is 1. The normalized spacial score (nSPS) is 25.4. The monoisotopic (exact) mass is 369 g/mol. The predicted octanol–water partition coefficient (Wildman–Crippen LogP) is 1.75. The minimum atomic E-state index is -0.0177. The minimum Gasteiger partial charge on any atom is -0.375 e. The molecule has 2 aromatic rings. The van der Waals surface area contributed by atoms with Gasteiger partial charge in [-0.15, -0.1) is 0 Å². The highest BCUT2D eigenvalue weighted by Crippen LogP contribution is 2.33. The molecule has 0 aromatic carbocycles. The number of morpholine rings is 1. The van der Waals surface area contributed by atoms with Crippen molar-refractivity contribution in [2.75, 3.05) is 33.8 Å². The minimum absolute atomic E-state index is 0.0177. The van der Waals surface area contributed by atoms with Crippen LogP contribution in [0.3, 0.4) is 0 Å². The van der Waals surface area contributed by atoms with E-state index in [-0.39, 0.29) is 12.0 Å². The molecule has 7 nitrogen and oxygen atoms in total. The lowest BCUT2D eigenvalue weighted by atomic mass is 10.1. The molecule has 7 heteroatoms. The predicted molar refractivity (Wildman–Crippen MR) is 102 cm³/mol. The number of amides is 1. The standard InChI is InChI=1S/C20H27N5O2/c1-14-4-5-18(22-10-14)20-21-6-7-25(20)15-8-16-13-27-17(12-24(16)11-15)9-19(26)23(2)3/h4-7,10,15-17H,8-9,11-13H2,1-3H3/t15-,16+,17+/m1/s1. The molecule has 2 fully saturated rings. The summed E-state index contributed by atoms with van der Waals surface area (Å²) in [5.74, 6) is 1.04. The van der Waals surface area contributed by atoms with Gasteiger partial charge in [0.05, 0.1) is 19.1 Å². The van der Waals surface area contributed by atoms with Gasteiger partial charge in [-0.05, 0) is 25.0 Å². The van der Waals surface area contributed by atoms with Crippen molar-refractivity contribution >= 4 is 5.91 Å². The van der Waals surface area contributed by atoms with Gasteiger partial charge in [0.25, 0.3) is 0 Å². The van der Waals surface area contributed by atoms with E-state index in [0.717, 1.165) is 36.6 Å². The number of fused-ring (bicyclic) bond motifs is 1. The van der Waals surface area contributed by atoms with Crippen molar-refractivity contribution in [3.8, 4) is 11.5 Å². The third-order valence-corrected chi connectivity index (χ3v) is 5.57. The first-order chi connectivity index (χ1) is 13.0. The number of aromatic nitrogens is 3. The Balaban J connectivity index is 1.45. The third kappa shape index (κ3) is 3.75. The number of carbonyl (C=O) groups excluding carboxylic acids is 1. The maximum atomic E-state index is 12.0. The molecule has 0 aliphatic carbocycles. The molecule has 27 heavy (non-hydrogen) atoms. The zero-order valence-electron chi connectivity index (χ0n) is 16.2. The summed E-state index contributed by atoms with van der Waals surface area (Å²) in [4.78, 5) is 25.2. The fraction of sp³-hybridized carbons (Fsp3) is 0.550. The number of hydrogen-bond donors (Lipinski definition) is 0. The first kappa shape index (κ1) is 18.1. The second-order valence-electron chi connectivity index (χ2n) is 7.82. The van der Waals surface area contributed by atoms with Crippen LogP contribution in [0, 0.1) is 6.92 Å². The second kappa shape index (κ2) is 7.40. The number of imidazole rings is 1. The zero-order valence-corrected chi connectivity index (χ0v) is 16.2. The van der Waals surface area contributed by atoms with Gasteiger partial charge < -0.3 is 14.2 Å². The number of nitrogens with zero attached hydrogens (tertiary/aromatic N) is 5. The van der Waals surface area contributed by atoms with E-state index in [1.807, 2.05) is 31.6 Å². The van der Waals surface area contributed by atoms with Gasteiger partial charge in [-0.1, -0.05) is 6.07 Å². The van der Waals surface area contributed by atoms with Crippen LogP contribution in [0.1, 0.15) is 24.4 Å². The van der Waals surface area contributed by atoms with Gasteiger partial charge in [-0.2, -0.15) is 0 Å². The number of hydrogen-bond acceptors (Lipinski definition) is 5. The van der Waals surface area contributed by atoms with E-state index in [1.165, 1.54) is 0 Å². The molecule has 0 spiro atoms. The van der Waals surface area contributed by atoms with E-state index in [1.54, 1.807) is 19.0 Å². The molecule has 2 saturated heterocycles. The summed E-state index contributed by atoms with van der Waals surface area (Å²) < 4.78 is 8.23. The fourth-order valence-electron chi connectivity index (χ4n) is 4.02. The molecule has 144 valence electrons. The Bertz CT molecular complexity index is 801. The van der Waals surface area contributed by atoms with Crippen LogP contribution >= 0.6 is 0 Å². The van der Waals surface area contributed by atoms with Crippen LogP contribution in [0.25, 0.3) is 11.5 Å². The van der Waals surface area contributed by atoms with Gasteiger partial charge in [0, 0.05) is 57.9 Å². The van der Waals surface area contributed by atoms with E-state index in [2.05, 4.69) is 25.5 Å². The molecular weight excluding hydrogens is 342 g/mol. The van der Waals surface area contributed by atoms with E-state index in [9.17, 15) is 4.79 Å². The van der Waals surface area contributed by atoms with Crippen LogP contribution in [-0.4, -0.2) is 76.2 Å². The molecule has 0 radical (unpaired) electrons. The molecule has 2 aliphatic heterocycles. The van der Waals surface area contributed by atoms with E-state index in [4.69, 9.17) is 4.74 Å². The average molecular weight is 369 g/mol. The largest absolute Gasteiger partial charge is 0.375 e. The zero-order chi connectivity index (χ0) is 19.0. The Morgan fingerprint density at radius 2 is 2.11 bits per heavy atom. The smallest absolute Gasteiger partial charge is 0.224 e. The lowest BCUT2D eigenvalue weighted by Crippen LogP contribution is -2.47. The van der Waals surface area contributed by atoms with Crippen molar-refractivity contribution in [1.82, 2.24) is 24.3 Å². The number of ether oxygens (including phenoxy) is 1. The number of aryl methyl sites for hydroxylation is 1. The molecule has 4 heterocycles. The molecule has 2 aromatic heterocycles. The summed E-state index contributed by atoms with van der Waals surface area (Å²) in [7, 11) is 3.58. The van der Waals surface area contributed by atoms with Gasteiger partial charge in [0.1, 0.15) is 5.69 Å². The van der Waals surface area contributed by atoms with Gasteiger partial charge in [-0.3, -0.25) is 14.7 Å². The van der Waals surface area contributed by atoms with Crippen LogP contribution in [0.2, 0.25) is 0 Å². The summed E-state index contributed by atoms with van der Waals surface area (Å²) in [6, 6.07) is 4.85. The van der Waals surface area contributed by atoms with Gasteiger partial charge in [0.2, 0.25) is 5.91 Å². The van der Waals surface area contributed by atoms with Gasteiger partial charge >= 0.3 is 0 Å². The molecule has 0 saturated carbocycles. The quantitative estimate of drug-likeness (QED) is 0.822. The van der Waals surface area contributed by atoms with Gasteiger partial charge in [0.15, 0.2) is 5.82 Å². The van der Waals surface area contributed by atoms with Crippen molar-refractivity contribution in [2.24, 2.45) is 0 Å². The van der Waals surface area contributed by atoms with Crippen molar-refractivity contribution in [3.05, 3.63) is 36.3 Å². The molecule has 0 bridgehead atoms. The average Bonchev–Trinajstić information content (AvgIpc) is 3.28. The molecule has 3 atom stereocenters. The molecular formula is C20H27N5O2. The topological polar surface area (TPSA) is 63.5 Å². The van der Waals surface area contributed by atoms with Crippen LogP contribution < -0.4 is 0 Å². The summed E-state index contributed by atoms with van der Waals surface area (Å²) in [5.41, 5.74) is 2.05.